The van der Waals surface area contributed by atoms with Crippen LogP contribution in [-0.2, 0) is 30.9 Å². The summed E-state index contributed by atoms with van der Waals surface area (Å²) in [6, 6.07) is 22.9. The monoisotopic (exact) mass is 748 g/mol. The van der Waals surface area contributed by atoms with E-state index in [1.165, 1.54) is 41.3 Å². The first-order chi connectivity index (χ1) is 24.4. The highest BCUT2D eigenvalue weighted by Crippen LogP contribution is 2.34. The molecule has 4 amide bonds. The fourth-order valence-electron chi connectivity index (χ4n) is 5.71. The Morgan fingerprint density at radius 1 is 0.941 bits per heavy atom. The van der Waals surface area contributed by atoms with Crippen LogP contribution in [0, 0.1) is 0 Å². The van der Waals surface area contributed by atoms with Gasteiger partial charge in [-0.2, -0.15) is 0 Å². The number of ether oxygens (including phenoxy) is 1. The molecule has 2 N–H and O–H groups in total. The van der Waals surface area contributed by atoms with Gasteiger partial charge in [0.1, 0.15) is 5.82 Å². The van der Waals surface area contributed by atoms with Crippen molar-refractivity contribution < 1.29 is 27.5 Å². The summed E-state index contributed by atoms with van der Waals surface area (Å²) in [7, 11) is -3.71. The molecule has 1 aliphatic rings. The lowest BCUT2D eigenvalue weighted by Crippen LogP contribution is -2.45. The summed E-state index contributed by atoms with van der Waals surface area (Å²) >= 11 is 12.7. The van der Waals surface area contributed by atoms with Crippen molar-refractivity contribution in [1.82, 2.24) is 19.4 Å². The molecule has 1 fully saturated rings. The van der Waals surface area contributed by atoms with Crippen LogP contribution in [-0.4, -0.2) is 64.7 Å². The van der Waals surface area contributed by atoms with E-state index in [4.69, 9.17) is 32.9 Å². The summed E-state index contributed by atoms with van der Waals surface area (Å²) in [5, 5.41) is 3.03. The van der Waals surface area contributed by atoms with Crippen molar-refractivity contribution in [3.63, 3.8) is 0 Å². The van der Waals surface area contributed by atoms with E-state index in [-0.39, 0.29) is 57.0 Å². The van der Waals surface area contributed by atoms with Crippen molar-refractivity contribution >= 4 is 73.3 Å². The van der Waals surface area contributed by atoms with E-state index in [2.05, 4.69) is 10.0 Å². The summed E-state index contributed by atoms with van der Waals surface area (Å²) in [5.74, 6) is -2.14. The second-order valence-corrected chi connectivity index (χ2v) is 14.1. The number of amides is 4. The zero-order valence-corrected chi connectivity index (χ0v) is 29.4. The predicted molar refractivity (Wildman–Crippen MR) is 193 cm³/mol. The molecular formula is C35H30Cl2N6O7S. The standard InChI is InChI=1S/C35H30Cl2N6O7S/c1-3-50-34-33(46)43(35(47)41(34)20-21-10-6-4-7-11-21)29(31(44)39-28-19-23(15-16-26(28)37)40-51(2,48)49)30-38-27-17-14-22(36)18-25(27)32(45)42(30)24-12-8-5-9-13-24/h4-19,29,34,40H,3,20H2,1-2H3,(H,39,44). The number of imide groups is 1. The number of hydrogen-bond donors (Lipinski definition) is 2. The van der Waals surface area contributed by atoms with Gasteiger partial charge >= 0.3 is 6.03 Å². The fourth-order valence-corrected chi connectivity index (χ4v) is 6.60. The van der Waals surface area contributed by atoms with Crippen molar-refractivity contribution in [1.29, 1.82) is 0 Å². The lowest BCUT2D eigenvalue weighted by molar-refractivity contribution is -0.145. The zero-order chi connectivity index (χ0) is 36.4. The van der Waals surface area contributed by atoms with Gasteiger partial charge in [0.15, 0.2) is 6.04 Å². The van der Waals surface area contributed by atoms with Gasteiger partial charge < -0.3 is 10.1 Å². The van der Waals surface area contributed by atoms with Crippen molar-refractivity contribution in [3.05, 3.63) is 129 Å². The first-order valence-corrected chi connectivity index (χ1v) is 18.2. The minimum Gasteiger partial charge on any atom is -0.350 e. The smallest absolute Gasteiger partial charge is 0.330 e. The van der Waals surface area contributed by atoms with E-state index in [1.54, 1.807) is 67.6 Å². The Labute approximate surface area is 302 Å². The maximum Gasteiger partial charge on any atom is 0.330 e. The molecular weight excluding hydrogens is 719 g/mol. The molecule has 0 spiro atoms. The number of sulfonamides is 1. The number of rotatable bonds is 11. The Morgan fingerprint density at radius 3 is 2.29 bits per heavy atom. The Balaban J connectivity index is 1.57. The van der Waals surface area contributed by atoms with Crippen molar-refractivity contribution in [2.24, 2.45) is 0 Å². The number of aromatic nitrogens is 2. The van der Waals surface area contributed by atoms with Gasteiger partial charge in [0, 0.05) is 11.6 Å². The third-order valence-electron chi connectivity index (χ3n) is 7.85. The van der Waals surface area contributed by atoms with Crippen LogP contribution in [0.25, 0.3) is 16.6 Å². The number of nitrogens with one attached hydrogen (secondary N) is 2. The average molecular weight is 750 g/mol. The highest BCUT2D eigenvalue weighted by molar-refractivity contribution is 7.92. The van der Waals surface area contributed by atoms with E-state index in [9.17, 15) is 27.6 Å². The van der Waals surface area contributed by atoms with E-state index in [1.807, 2.05) is 0 Å². The van der Waals surface area contributed by atoms with E-state index in [0.717, 1.165) is 10.8 Å². The maximum absolute atomic E-state index is 14.7. The van der Waals surface area contributed by atoms with Gasteiger partial charge in [-0.1, -0.05) is 71.7 Å². The van der Waals surface area contributed by atoms with Crippen LogP contribution in [0.2, 0.25) is 10.0 Å². The molecule has 2 unspecified atom stereocenters. The predicted octanol–water partition coefficient (Wildman–Crippen LogP) is 5.57. The van der Waals surface area contributed by atoms with Gasteiger partial charge in [0.2, 0.25) is 16.3 Å². The first-order valence-electron chi connectivity index (χ1n) is 15.5. The lowest BCUT2D eigenvalue weighted by atomic mass is 10.1. The topological polar surface area (TPSA) is 160 Å². The number of halogens is 2. The van der Waals surface area contributed by atoms with Crippen LogP contribution in [0.4, 0.5) is 16.2 Å². The summed E-state index contributed by atoms with van der Waals surface area (Å²) in [6.45, 7) is 1.67. The van der Waals surface area contributed by atoms with Gasteiger partial charge in [-0.05, 0) is 61.0 Å². The summed E-state index contributed by atoms with van der Waals surface area (Å²) in [6.07, 6.45) is -0.460. The molecule has 1 aliphatic heterocycles. The Kier molecular flexibility index (Phi) is 10.1. The van der Waals surface area contributed by atoms with Crippen LogP contribution >= 0.6 is 23.2 Å². The summed E-state index contributed by atoms with van der Waals surface area (Å²) in [4.78, 5) is 64.3. The fraction of sp³-hybridized carbons (Fsp3) is 0.171. The molecule has 13 nitrogen and oxygen atoms in total. The molecule has 0 saturated carbocycles. The van der Waals surface area contributed by atoms with Gasteiger partial charge in [0.05, 0.1) is 45.8 Å². The highest BCUT2D eigenvalue weighted by atomic mass is 35.5. The number of fused-ring (bicyclic) bond motifs is 1. The SMILES string of the molecule is CCOC1C(=O)N(C(C(=O)Nc2cc(NS(C)(=O)=O)ccc2Cl)c2nc3ccc(Cl)cc3c(=O)n2-c2ccccc2)C(=O)N1Cc1ccccc1. The molecule has 6 rings (SSSR count). The zero-order valence-electron chi connectivity index (χ0n) is 27.1. The minimum atomic E-state index is -3.71. The van der Waals surface area contributed by atoms with Gasteiger partial charge in [-0.25, -0.2) is 23.1 Å². The molecule has 2 atom stereocenters. The number of nitrogens with zero attached hydrogens (tertiary/aromatic N) is 4. The van der Waals surface area contributed by atoms with Gasteiger partial charge in [-0.15, -0.1) is 0 Å². The van der Waals surface area contributed by atoms with Crippen molar-refractivity contribution in [2.75, 3.05) is 22.9 Å². The molecule has 1 saturated heterocycles. The van der Waals surface area contributed by atoms with Gasteiger partial charge in [0.25, 0.3) is 17.4 Å². The quantitative estimate of drug-likeness (QED) is 0.166. The third-order valence-corrected chi connectivity index (χ3v) is 9.02. The van der Waals surface area contributed by atoms with E-state index >= 15 is 0 Å². The van der Waals surface area contributed by atoms with Gasteiger partial charge in [-0.3, -0.25) is 28.6 Å². The number of urea groups is 1. The molecule has 0 aliphatic carbocycles. The molecule has 1 aromatic heterocycles. The molecule has 4 aromatic carbocycles. The largest absolute Gasteiger partial charge is 0.350 e. The van der Waals surface area contributed by atoms with Crippen LogP contribution in [0.15, 0.2) is 102 Å². The Hall–Kier alpha value is -5.28. The third kappa shape index (κ3) is 7.44. The summed E-state index contributed by atoms with van der Waals surface area (Å²) in [5.41, 5.74) is 0.514. The molecule has 5 aromatic rings. The first kappa shape index (κ1) is 35.5. The second-order valence-electron chi connectivity index (χ2n) is 11.5. The average Bonchev–Trinajstić information content (AvgIpc) is 3.31. The van der Waals surface area contributed by atoms with Crippen LogP contribution in [0.1, 0.15) is 24.4 Å². The van der Waals surface area contributed by atoms with Crippen LogP contribution < -0.4 is 15.6 Å². The molecule has 16 heteroatoms. The molecule has 51 heavy (non-hydrogen) atoms. The Bertz CT molecular complexity index is 2320. The molecule has 0 bridgehead atoms. The summed E-state index contributed by atoms with van der Waals surface area (Å²) < 4.78 is 33.2. The van der Waals surface area contributed by atoms with Crippen LogP contribution in [0.5, 0.6) is 0 Å². The number of para-hydroxylation sites is 1. The van der Waals surface area contributed by atoms with E-state index in [0.29, 0.717) is 10.5 Å². The van der Waals surface area contributed by atoms with Crippen LogP contribution in [0.3, 0.4) is 0 Å². The number of hydrogen-bond acceptors (Lipinski definition) is 8. The van der Waals surface area contributed by atoms with Crippen molar-refractivity contribution in [3.8, 4) is 5.69 Å². The van der Waals surface area contributed by atoms with E-state index < -0.39 is 45.7 Å². The van der Waals surface area contributed by atoms with Crippen molar-refractivity contribution in [2.45, 2.75) is 25.7 Å². The minimum absolute atomic E-state index is 0.0136. The number of carbonyl (C=O) groups is 3. The Morgan fingerprint density at radius 2 is 1.63 bits per heavy atom. The normalized spacial score (nSPS) is 15.3. The number of benzene rings is 4. The number of carbonyl (C=O) groups excluding carboxylic acids is 3. The number of anilines is 2. The molecule has 0 radical (unpaired) electrons. The highest BCUT2D eigenvalue weighted by Gasteiger charge is 2.52. The maximum atomic E-state index is 14.7. The molecule has 262 valence electrons. The second kappa shape index (κ2) is 14.5. The molecule has 2 heterocycles. The lowest BCUT2D eigenvalue weighted by Gasteiger charge is -2.27.